The summed E-state index contributed by atoms with van der Waals surface area (Å²) in [4.78, 5) is 16.3. The second-order valence-electron chi connectivity index (χ2n) is 6.76. The van der Waals surface area contributed by atoms with E-state index in [2.05, 4.69) is 6.92 Å². The molecule has 0 saturated heterocycles. The fourth-order valence-electron chi connectivity index (χ4n) is 3.34. The smallest absolute Gasteiger partial charge is 0.258 e. The van der Waals surface area contributed by atoms with Crippen molar-refractivity contribution in [2.24, 2.45) is 0 Å². The first kappa shape index (κ1) is 20.9. The Bertz CT molecular complexity index is 938. The fourth-order valence-corrected chi connectivity index (χ4v) is 5.91. The molecule has 28 heavy (non-hydrogen) atoms. The lowest BCUT2D eigenvalue weighted by Crippen LogP contribution is -2.32. The minimum Gasteiger partial charge on any atom is -0.307 e. The van der Waals surface area contributed by atoms with Crippen LogP contribution in [0, 0.1) is 0 Å². The van der Waals surface area contributed by atoms with Crippen LogP contribution in [-0.2, 0) is 10.0 Å². The molecule has 3 rings (SSSR count). The quantitative estimate of drug-likeness (QED) is 0.728. The largest absolute Gasteiger partial charge is 0.307 e. The zero-order chi connectivity index (χ0) is 20.3. The molecule has 1 heterocycles. The zero-order valence-corrected chi connectivity index (χ0v) is 18.1. The van der Waals surface area contributed by atoms with Crippen molar-refractivity contribution < 1.29 is 13.2 Å². The van der Waals surface area contributed by atoms with E-state index in [0.29, 0.717) is 30.4 Å². The summed E-state index contributed by atoms with van der Waals surface area (Å²) in [5, 5.41) is 0.431. The first-order valence-corrected chi connectivity index (χ1v) is 11.9. The van der Waals surface area contributed by atoms with Crippen molar-refractivity contribution in [3.63, 3.8) is 0 Å². The van der Waals surface area contributed by atoms with Gasteiger partial charge in [0.1, 0.15) is 0 Å². The van der Waals surface area contributed by atoms with Crippen LogP contribution in [0.5, 0.6) is 0 Å². The number of rotatable bonds is 5. The van der Waals surface area contributed by atoms with Crippen LogP contribution in [0.4, 0.5) is 5.69 Å². The van der Waals surface area contributed by atoms with E-state index in [1.165, 1.54) is 16.4 Å². The lowest BCUT2D eigenvalue weighted by Gasteiger charge is -2.23. The van der Waals surface area contributed by atoms with Crippen LogP contribution >= 0.6 is 11.8 Å². The van der Waals surface area contributed by atoms with Crippen molar-refractivity contribution in [1.29, 1.82) is 0 Å². The van der Waals surface area contributed by atoms with E-state index in [4.69, 9.17) is 0 Å². The predicted octanol–water partition coefficient (Wildman–Crippen LogP) is 4.25. The van der Waals surface area contributed by atoms with E-state index in [1.807, 2.05) is 38.1 Å². The van der Waals surface area contributed by atoms with Gasteiger partial charge in [-0.25, -0.2) is 8.42 Å². The predicted molar refractivity (Wildman–Crippen MR) is 115 cm³/mol. The second kappa shape index (κ2) is 8.68. The molecular weight excluding hydrogens is 392 g/mol. The van der Waals surface area contributed by atoms with Crippen molar-refractivity contribution in [3.05, 3.63) is 54.1 Å². The topological polar surface area (TPSA) is 57.7 Å². The maximum Gasteiger partial charge on any atom is 0.258 e. The van der Waals surface area contributed by atoms with Crippen LogP contribution < -0.4 is 4.90 Å². The van der Waals surface area contributed by atoms with Gasteiger partial charge in [-0.05, 0) is 42.8 Å². The highest BCUT2D eigenvalue weighted by atomic mass is 32.2. The number of anilines is 1. The Labute approximate surface area is 171 Å². The molecule has 5 nitrogen and oxygen atoms in total. The maximum absolute atomic E-state index is 13.2. The number of amides is 1. The van der Waals surface area contributed by atoms with Gasteiger partial charge in [0.15, 0.2) is 0 Å². The lowest BCUT2D eigenvalue weighted by atomic mass is 10.1. The summed E-state index contributed by atoms with van der Waals surface area (Å²) in [6.07, 6.45) is 0.902. The summed E-state index contributed by atoms with van der Waals surface area (Å²) < 4.78 is 26.7. The molecule has 0 saturated carbocycles. The van der Waals surface area contributed by atoms with E-state index in [0.717, 1.165) is 17.0 Å². The molecule has 0 N–H and O–H groups in total. The Hall–Kier alpha value is -1.83. The molecular formula is C21H26N2O3S2. The molecule has 0 radical (unpaired) electrons. The molecule has 0 aliphatic carbocycles. The van der Waals surface area contributed by atoms with Crippen molar-refractivity contribution in [2.45, 2.75) is 42.2 Å². The number of carbonyl (C=O) groups excluding carboxylic acids is 1. The molecule has 1 amide bonds. The van der Waals surface area contributed by atoms with E-state index in [-0.39, 0.29) is 10.8 Å². The first-order valence-electron chi connectivity index (χ1n) is 9.56. The number of sulfonamides is 1. The van der Waals surface area contributed by atoms with Gasteiger partial charge in [0.05, 0.1) is 10.6 Å². The van der Waals surface area contributed by atoms with Crippen molar-refractivity contribution in [1.82, 2.24) is 4.31 Å². The molecule has 2 aromatic carbocycles. The standard InChI is InChI=1S/C21H26N2O3S2/c1-4-22(5-2)28(25,26)18-12-10-17(11-13-18)21(24)23-15-14-16(3)27-20-9-7-6-8-19(20)23/h6-13,16H,4-5,14-15H2,1-3H3/t16-/m1/s1. The minimum atomic E-state index is -3.53. The molecule has 150 valence electrons. The Morgan fingerprint density at radius 3 is 2.39 bits per heavy atom. The van der Waals surface area contributed by atoms with Gasteiger partial charge in [-0.1, -0.05) is 32.9 Å². The van der Waals surface area contributed by atoms with E-state index >= 15 is 0 Å². The molecule has 0 fully saturated rings. The fraction of sp³-hybridized carbons (Fsp3) is 0.381. The summed E-state index contributed by atoms with van der Waals surface area (Å²) in [5.41, 5.74) is 1.41. The third-order valence-electron chi connectivity index (χ3n) is 4.93. The van der Waals surface area contributed by atoms with Crippen LogP contribution in [-0.4, -0.2) is 43.5 Å². The zero-order valence-electron chi connectivity index (χ0n) is 16.5. The summed E-state index contributed by atoms with van der Waals surface area (Å²) in [6, 6.07) is 14.2. The average Bonchev–Trinajstić information content (AvgIpc) is 2.86. The normalized spacial score (nSPS) is 17.3. The van der Waals surface area contributed by atoms with Crippen LogP contribution in [0.25, 0.3) is 0 Å². The Morgan fingerprint density at radius 2 is 1.75 bits per heavy atom. The Balaban J connectivity index is 1.90. The molecule has 0 aromatic heterocycles. The lowest BCUT2D eigenvalue weighted by molar-refractivity contribution is 0.0986. The second-order valence-corrected chi connectivity index (χ2v) is 10.2. The van der Waals surface area contributed by atoms with E-state index < -0.39 is 10.0 Å². The van der Waals surface area contributed by atoms with Crippen molar-refractivity contribution in [3.8, 4) is 0 Å². The van der Waals surface area contributed by atoms with Gasteiger partial charge in [0, 0.05) is 35.3 Å². The molecule has 1 atom stereocenters. The number of nitrogens with zero attached hydrogens (tertiary/aromatic N) is 2. The summed E-state index contributed by atoms with van der Waals surface area (Å²) in [7, 11) is -3.53. The highest BCUT2D eigenvalue weighted by Gasteiger charge is 2.26. The van der Waals surface area contributed by atoms with Gasteiger partial charge >= 0.3 is 0 Å². The molecule has 1 aliphatic heterocycles. The monoisotopic (exact) mass is 418 g/mol. The van der Waals surface area contributed by atoms with Gasteiger partial charge < -0.3 is 4.90 Å². The summed E-state index contributed by atoms with van der Waals surface area (Å²) >= 11 is 1.78. The number of benzene rings is 2. The summed E-state index contributed by atoms with van der Waals surface area (Å²) in [6.45, 7) is 7.27. The molecule has 2 aromatic rings. The third-order valence-corrected chi connectivity index (χ3v) is 8.23. The molecule has 0 bridgehead atoms. The van der Waals surface area contributed by atoms with Crippen LogP contribution in [0.15, 0.2) is 58.3 Å². The van der Waals surface area contributed by atoms with Crippen molar-refractivity contribution in [2.75, 3.05) is 24.5 Å². The van der Waals surface area contributed by atoms with Crippen LogP contribution in [0.2, 0.25) is 0 Å². The highest BCUT2D eigenvalue weighted by Crippen LogP contribution is 2.37. The average molecular weight is 419 g/mol. The van der Waals surface area contributed by atoms with Crippen LogP contribution in [0.1, 0.15) is 37.6 Å². The number of hydrogen-bond acceptors (Lipinski definition) is 4. The SMILES string of the molecule is CCN(CC)S(=O)(=O)c1ccc(C(=O)N2CC[C@@H](C)Sc3ccccc32)cc1. The van der Waals surface area contributed by atoms with Gasteiger partial charge in [-0.15, -0.1) is 11.8 Å². The Morgan fingerprint density at radius 1 is 1.11 bits per heavy atom. The molecule has 1 aliphatic rings. The van der Waals surface area contributed by atoms with Crippen molar-refractivity contribution >= 4 is 33.4 Å². The first-order chi connectivity index (χ1) is 13.4. The van der Waals surface area contributed by atoms with Gasteiger partial charge in [-0.2, -0.15) is 4.31 Å². The number of carbonyl (C=O) groups is 1. The van der Waals surface area contributed by atoms with Crippen LogP contribution in [0.3, 0.4) is 0 Å². The highest BCUT2D eigenvalue weighted by molar-refractivity contribution is 8.00. The molecule has 0 spiro atoms. The summed E-state index contributed by atoms with van der Waals surface area (Å²) in [5.74, 6) is -0.103. The maximum atomic E-state index is 13.2. The number of fused-ring (bicyclic) bond motifs is 1. The Kier molecular flexibility index (Phi) is 6.47. The minimum absolute atomic E-state index is 0.103. The number of thioether (sulfide) groups is 1. The van der Waals surface area contributed by atoms with E-state index in [1.54, 1.807) is 28.8 Å². The van der Waals surface area contributed by atoms with E-state index in [9.17, 15) is 13.2 Å². The van der Waals surface area contributed by atoms with Gasteiger partial charge in [0.2, 0.25) is 10.0 Å². The molecule has 7 heteroatoms. The number of hydrogen-bond donors (Lipinski definition) is 0. The molecule has 0 unspecified atom stereocenters. The van der Waals surface area contributed by atoms with Gasteiger partial charge in [-0.3, -0.25) is 4.79 Å². The number of para-hydroxylation sites is 1. The third kappa shape index (κ3) is 4.11. The van der Waals surface area contributed by atoms with Gasteiger partial charge in [0.25, 0.3) is 5.91 Å².